The predicted molar refractivity (Wildman–Crippen MR) is 92.3 cm³/mol. The van der Waals surface area contributed by atoms with Gasteiger partial charge in [0.2, 0.25) is 0 Å². The zero-order chi connectivity index (χ0) is 15.4. The molecule has 0 radical (unpaired) electrons. The molecule has 0 spiro atoms. The Bertz CT molecular complexity index is 538. The van der Waals surface area contributed by atoms with Gasteiger partial charge in [-0.1, -0.05) is 6.08 Å². The van der Waals surface area contributed by atoms with Crippen molar-refractivity contribution in [2.24, 2.45) is 10.9 Å². The molecular formula is C16H24N4OS. The number of thiophene rings is 1. The zero-order valence-corrected chi connectivity index (χ0v) is 13.7. The van der Waals surface area contributed by atoms with Gasteiger partial charge in [0.05, 0.1) is 5.00 Å². The third kappa shape index (κ3) is 4.16. The van der Waals surface area contributed by atoms with Gasteiger partial charge in [-0.2, -0.15) is 0 Å². The van der Waals surface area contributed by atoms with E-state index >= 15 is 0 Å². The van der Waals surface area contributed by atoms with Crippen molar-refractivity contribution in [3.63, 3.8) is 0 Å². The Hall–Kier alpha value is -1.21. The molecule has 1 aromatic heterocycles. The fourth-order valence-corrected chi connectivity index (χ4v) is 3.63. The molecule has 6 heteroatoms. The Balaban J connectivity index is 1.46. The number of nitrogens with zero attached hydrogens (tertiary/aromatic N) is 1. The minimum atomic E-state index is -1.12. The lowest BCUT2D eigenvalue weighted by Gasteiger charge is -2.31. The van der Waals surface area contributed by atoms with Crippen LogP contribution in [-0.4, -0.2) is 35.9 Å². The second-order valence-electron chi connectivity index (χ2n) is 6.04. The first kappa shape index (κ1) is 15.7. The maximum Gasteiger partial charge on any atom is 0.190 e. The Morgan fingerprint density at radius 1 is 1.55 bits per heavy atom. The molecule has 1 saturated heterocycles. The molecular weight excluding hydrogens is 296 g/mol. The van der Waals surface area contributed by atoms with E-state index in [9.17, 15) is 5.11 Å². The average molecular weight is 320 g/mol. The van der Waals surface area contributed by atoms with Crippen LogP contribution in [0.4, 0.5) is 5.00 Å². The summed E-state index contributed by atoms with van der Waals surface area (Å²) < 4.78 is 0. The minimum Gasteiger partial charge on any atom is -0.359 e. The second kappa shape index (κ2) is 6.91. The number of aliphatic hydroxyl groups is 1. The third-order valence-corrected chi connectivity index (χ3v) is 4.84. The Morgan fingerprint density at radius 2 is 2.45 bits per heavy atom. The van der Waals surface area contributed by atoms with Crippen LogP contribution in [-0.2, 0) is 0 Å². The van der Waals surface area contributed by atoms with Crippen molar-refractivity contribution in [3.8, 4) is 0 Å². The van der Waals surface area contributed by atoms with Crippen LogP contribution in [0, 0.1) is 5.92 Å². The lowest BCUT2D eigenvalue weighted by molar-refractivity contribution is 0.0549. The van der Waals surface area contributed by atoms with E-state index in [4.69, 9.17) is 4.99 Å². The molecule has 0 amide bonds. The van der Waals surface area contributed by atoms with Gasteiger partial charge in [0.1, 0.15) is 6.17 Å². The third-order valence-electron chi connectivity index (χ3n) is 4.05. The van der Waals surface area contributed by atoms with E-state index in [1.54, 1.807) is 18.3 Å². The van der Waals surface area contributed by atoms with Crippen molar-refractivity contribution in [1.29, 1.82) is 0 Å². The molecule has 1 aromatic rings. The summed E-state index contributed by atoms with van der Waals surface area (Å²) in [5, 5.41) is 22.9. The van der Waals surface area contributed by atoms with Crippen LogP contribution < -0.4 is 16.0 Å². The summed E-state index contributed by atoms with van der Waals surface area (Å²) in [6.07, 6.45) is 7.93. The molecule has 120 valence electrons. The van der Waals surface area contributed by atoms with E-state index in [-0.39, 0.29) is 6.17 Å². The maximum atomic E-state index is 10.3. The molecule has 0 aromatic carbocycles. The van der Waals surface area contributed by atoms with E-state index in [2.05, 4.69) is 28.1 Å². The van der Waals surface area contributed by atoms with Crippen molar-refractivity contribution >= 4 is 22.0 Å². The van der Waals surface area contributed by atoms with E-state index in [0.29, 0.717) is 12.5 Å². The number of piperidine rings is 1. The van der Waals surface area contributed by atoms with Crippen molar-refractivity contribution in [2.45, 2.75) is 38.2 Å². The average Bonchev–Trinajstić information content (AvgIpc) is 2.99. The highest BCUT2D eigenvalue weighted by Gasteiger charge is 2.25. The van der Waals surface area contributed by atoms with Crippen molar-refractivity contribution in [1.82, 2.24) is 10.6 Å². The summed E-state index contributed by atoms with van der Waals surface area (Å²) in [5.41, 5.74) is 1.09. The van der Waals surface area contributed by atoms with Gasteiger partial charge >= 0.3 is 0 Å². The second-order valence-corrected chi connectivity index (χ2v) is 6.98. The first-order valence-electron chi connectivity index (χ1n) is 7.90. The number of allylic oxidation sites excluding steroid dienone is 1. The van der Waals surface area contributed by atoms with Gasteiger partial charge in [-0.15, -0.1) is 11.3 Å². The van der Waals surface area contributed by atoms with Crippen LogP contribution in [0.2, 0.25) is 0 Å². The summed E-state index contributed by atoms with van der Waals surface area (Å²) in [6.45, 7) is 3.46. The molecule has 2 aliphatic heterocycles. The Morgan fingerprint density at radius 3 is 3.27 bits per heavy atom. The molecule has 3 heterocycles. The molecule has 0 saturated carbocycles. The largest absolute Gasteiger partial charge is 0.359 e. The summed E-state index contributed by atoms with van der Waals surface area (Å²) in [7, 11) is 0. The van der Waals surface area contributed by atoms with Crippen LogP contribution >= 0.6 is 11.3 Å². The van der Waals surface area contributed by atoms with Gasteiger partial charge in [0, 0.05) is 24.6 Å². The minimum absolute atomic E-state index is 0.249. The van der Waals surface area contributed by atoms with Crippen LogP contribution in [0.5, 0.6) is 0 Å². The Kier molecular flexibility index (Phi) is 4.93. The number of hydrogen-bond donors (Lipinski definition) is 4. The first-order chi connectivity index (χ1) is 10.6. The van der Waals surface area contributed by atoms with Gasteiger partial charge in [-0.3, -0.25) is 15.6 Å². The zero-order valence-electron chi connectivity index (χ0n) is 12.9. The number of rotatable bonds is 6. The fraction of sp³-hybridized carbons (Fsp3) is 0.562. The topological polar surface area (TPSA) is 68.7 Å². The highest BCUT2D eigenvalue weighted by Crippen LogP contribution is 2.22. The van der Waals surface area contributed by atoms with Crippen molar-refractivity contribution in [2.75, 3.05) is 18.4 Å². The quantitative estimate of drug-likeness (QED) is 0.606. The number of anilines is 1. The number of aliphatic imine (C=N–C) groups is 1. The standard InChI is InChI=1S/C16H24N4OS/c1-16(21,20-14-5-3-11-22-14)18-10-8-13-7-6-12-4-2-9-17-15(12)19-13/h3,5-7,11-12,15,17-18,20-21H,2,4,8-10H2,1H3. The van der Waals surface area contributed by atoms with Gasteiger partial charge in [-0.05, 0) is 49.9 Å². The van der Waals surface area contributed by atoms with Gasteiger partial charge in [-0.25, -0.2) is 0 Å². The first-order valence-corrected chi connectivity index (χ1v) is 8.78. The monoisotopic (exact) mass is 320 g/mol. The molecule has 1 fully saturated rings. The number of dihydropyridines is 1. The van der Waals surface area contributed by atoms with Gasteiger partial charge in [0.25, 0.3) is 0 Å². The van der Waals surface area contributed by atoms with Crippen molar-refractivity contribution < 1.29 is 5.11 Å². The SMILES string of the molecule is CC(O)(NCCC1=NC2NCCCC2C=C1)Nc1cccs1. The lowest BCUT2D eigenvalue weighted by Crippen LogP contribution is -2.49. The number of hydrogen-bond acceptors (Lipinski definition) is 6. The summed E-state index contributed by atoms with van der Waals surface area (Å²) in [6, 6.07) is 3.90. The summed E-state index contributed by atoms with van der Waals surface area (Å²) in [5.74, 6) is -0.566. The van der Waals surface area contributed by atoms with E-state index in [0.717, 1.165) is 23.7 Å². The van der Waals surface area contributed by atoms with Crippen LogP contribution in [0.25, 0.3) is 0 Å². The molecule has 2 aliphatic rings. The van der Waals surface area contributed by atoms with E-state index in [1.165, 1.54) is 12.8 Å². The fourth-order valence-electron chi connectivity index (χ4n) is 2.91. The molecule has 4 N–H and O–H groups in total. The summed E-state index contributed by atoms with van der Waals surface area (Å²) >= 11 is 1.57. The van der Waals surface area contributed by atoms with Crippen LogP contribution in [0.3, 0.4) is 0 Å². The van der Waals surface area contributed by atoms with Crippen LogP contribution in [0.15, 0.2) is 34.7 Å². The predicted octanol–water partition coefficient (Wildman–Crippen LogP) is 2.14. The highest BCUT2D eigenvalue weighted by atomic mass is 32.1. The number of nitrogens with one attached hydrogen (secondary N) is 3. The highest BCUT2D eigenvalue weighted by molar-refractivity contribution is 7.14. The van der Waals surface area contributed by atoms with Gasteiger partial charge < -0.3 is 10.4 Å². The van der Waals surface area contributed by atoms with Crippen molar-refractivity contribution in [3.05, 3.63) is 29.7 Å². The molecule has 0 aliphatic carbocycles. The smallest absolute Gasteiger partial charge is 0.190 e. The van der Waals surface area contributed by atoms with Gasteiger partial charge in [0.15, 0.2) is 5.85 Å². The van der Waals surface area contributed by atoms with Crippen LogP contribution in [0.1, 0.15) is 26.2 Å². The summed E-state index contributed by atoms with van der Waals surface area (Å²) in [4.78, 5) is 4.78. The van der Waals surface area contributed by atoms with E-state index < -0.39 is 5.85 Å². The molecule has 3 unspecified atom stereocenters. The molecule has 0 bridgehead atoms. The number of fused-ring (bicyclic) bond motifs is 1. The molecule has 3 rings (SSSR count). The lowest BCUT2D eigenvalue weighted by atomic mass is 9.93. The molecule has 22 heavy (non-hydrogen) atoms. The maximum absolute atomic E-state index is 10.3. The normalized spacial score (nSPS) is 26.9. The molecule has 3 atom stereocenters. The van der Waals surface area contributed by atoms with E-state index in [1.807, 2.05) is 17.5 Å². The molecule has 5 nitrogen and oxygen atoms in total. The Labute approximate surface area is 135 Å².